The van der Waals surface area contributed by atoms with Crippen molar-refractivity contribution >= 4 is 75.4 Å². The van der Waals surface area contributed by atoms with Gasteiger partial charge >= 0.3 is 209 Å². The number of rotatable bonds is 38. The zero-order chi connectivity index (χ0) is 42.1. The SMILES string of the molecule is CCCCCCCCCCCC(=O)[O-].CCCCCCCCCCCC(=O)[O-].CCC[CH2][Sn+2][CH2]CCC.CCC[CH2][Sn+2][CH2]CCC.CCC[CH2][Sn+2][CH2]CCC.[O-2].[O-2]. The largest absolute Gasteiger partial charge is 2.00 e. The number of carboxylic acid groups (broad SMARTS) is 2. The zero-order valence-electron chi connectivity index (χ0n) is 39.8. The van der Waals surface area contributed by atoms with E-state index in [-0.39, 0.29) is 87.2 Å². The monoisotopic (exact) mass is 1130 g/mol. The van der Waals surface area contributed by atoms with Gasteiger partial charge in [0.15, 0.2) is 0 Å². The molecule has 57 heavy (non-hydrogen) atoms. The summed E-state index contributed by atoms with van der Waals surface area (Å²) in [5.74, 6) is -1.82. The molecule has 0 saturated heterocycles. The third-order valence-corrected chi connectivity index (χ3v) is 21.3. The van der Waals surface area contributed by atoms with Gasteiger partial charge in [0.2, 0.25) is 0 Å². The zero-order valence-corrected chi connectivity index (χ0v) is 48.4. The Morgan fingerprint density at radius 3 is 0.596 bits per heavy atom. The molecular formula is C48H100O6Sn3. The molecule has 0 atom stereocenters. The van der Waals surface area contributed by atoms with Crippen LogP contribution < -0.4 is 10.2 Å². The van der Waals surface area contributed by atoms with Crippen molar-refractivity contribution in [1.29, 1.82) is 0 Å². The number of aliphatic carboxylic acids is 2. The van der Waals surface area contributed by atoms with Gasteiger partial charge in [0, 0.05) is 11.9 Å². The molecule has 0 fully saturated rings. The summed E-state index contributed by atoms with van der Waals surface area (Å²) in [6.45, 7) is 18.2. The van der Waals surface area contributed by atoms with Crippen molar-refractivity contribution in [3.8, 4) is 0 Å². The normalized spacial score (nSPS) is 9.40. The molecule has 0 radical (unpaired) electrons. The van der Waals surface area contributed by atoms with Gasteiger partial charge in [-0.2, -0.15) is 0 Å². The number of carbonyl (C=O) groups excluding carboxylic acids is 2. The molecule has 0 unspecified atom stereocenters. The fourth-order valence-electron chi connectivity index (χ4n) is 5.35. The number of hydrogen-bond acceptors (Lipinski definition) is 4. The molecule has 0 bridgehead atoms. The van der Waals surface area contributed by atoms with Crippen molar-refractivity contribution < 1.29 is 30.8 Å². The molecule has 0 aromatic carbocycles. The second-order valence-electron chi connectivity index (χ2n) is 15.3. The summed E-state index contributed by atoms with van der Waals surface area (Å²) >= 11 is 0.448. The van der Waals surface area contributed by atoms with Gasteiger partial charge in [-0.15, -0.1) is 0 Å². The molecule has 340 valence electrons. The minimum absolute atomic E-state index is 0. The molecule has 0 aliphatic heterocycles. The summed E-state index contributed by atoms with van der Waals surface area (Å²) in [4.78, 5) is 20.2. The standard InChI is InChI=1S/2C12H24O2.6C4H9.2O.3Sn/c2*1-2-3-4-5-6-7-8-9-10-11-12(13)14;6*1-3-4-2;;;;;/h2*2-11H2,1H3,(H,13,14);6*1,3-4H2,2H3;;;;;/q;;;;;;;;2*-2;3*+2/p-2. The van der Waals surface area contributed by atoms with Gasteiger partial charge in [-0.1, -0.05) is 117 Å². The van der Waals surface area contributed by atoms with Crippen molar-refractivity contribution in [2.24, 2.45) is 0 Å². The van der Waals surface area contributed by atoms with Crippen LogP contribution in [-0.2, 0) is 20.5 Å². The second kappa shape index (κ2) is 77.8. The summed E-state index contributed by atoms with van der Waals surface area (Å²) in [5.41, 5.74) is 0. The van der Waals surface area contributed by atoms with E-state index in [4.69, 9.17) is 0 Å². The van der Waals surface area contributed by atoms with Crippen LogP contribution in [-0.4, -0.2) is 75.4 Å². The van der Waals surface area contributed by atoms with Gasteiger partial charge in [0.05, 0.1) is 0 Å². The first-order valence-electron chi connectivity index (χ1n) is 24.3. The number of carbonyl (C=O) groups is 2. The fraction of sp³-hybridized carbons (Fsp3) is 0.958. The topological polar surface area (TPSA) is 137 Å². The maximum Gasteiger partial charge on any atom is -2.00 e. The number of unbranched alkanes of at least 4 members (excludes halogenated alkanes) is 22. The number of hydrogen-bond donors (Lipinski definition) is 0. The summed E-state index contributed by atoms with van der Waals surface area (Å²) in [6.07, 6.45) is 39.8. The third-order valence-electron chi connectivity index (χ3n) is 9.21. The van der Waals surface area contributed by atoms with Crippen molar-refractivity contribution in [1.82, 2.24) is 0 Å². The van der Waals surface area contributed by atoms with Crippen LogP contribution in [0.15, 0.2) is 0 Å². The van der Waals surface area contributed by atoms with E-state index in [1.165, 1.54) is 167 Å². The fourth-order valence-corrected chi connectivity index (χ4v) is 17.8. The summed E-state index contributed by atoms with van der Waals surface area (Å²) < 4.78 is 9.75. The third kappa shape index (κ3) is 103. The Morgan fingerprint density at radius 2 is 0.439 bits per heavy atom. The summed E-state index contributed by atoms with van der Waals surface area (Å²) in [6, 6.07) is 0. The Balaban J connectivity index is -0.000000110. The average molecular weight is 1130 g/mol. The first-order valence-corrected chi connectivity index (χ1v) is 36.4. The predicted octanol–water partition coefficient (Wildman–Crippen LogP) is 14.5. The van der Waals surface area contributed by atoms with Gasteiger partial charge in [0.25, 0.3) is 0 Å². The van der Waals surface area contributed by atoms with Crippen LogP contribution in [0.3, 0.4) is 0 Å². The van der Waals surface area contributed by atoms with E-state index in [9.17, 15) is 19.8 Å². The smallest absolute Gasteiger partial charge is 2.00 e. The Labute approximate surface area is 390 Å². The maximum absolute atomic E-state index is 10.1. The molecule has 0 N–H and O–H groups in total. The maximum atomic E-state index is 10.1. The van der Waals surface area contributed by atoms with Gasteiger partial charge in [-0.05, 0) is 25.7 Å². The van der Waals surface area contributed by atoms with E-state index in [0.29, 0.717) is 0 Å². The Morgan fingerprint density at radius 1 is 0.281 bits per heavy atom. The molecule has 0 saturated carbocycles. The Hall–Kier alpha value is 1.26. The van der Waals surface area contributed by atoms with E-state index < -0.39 is 11.9 Å². The van der Waals surface area contributed by atoms with Crippen LogP contribution in [0.1, 0.15) is 261 Å². The molecule has 0 aromatic heterocycles. The molecule has 6 nitrogen and oxygen atoms in total. The van der Waals surface area contributed by atoms with Crippen molar-refractivity contribution in [3.63, 3.8) is 0 Å². The second-order valence-corrected chi connectivity index (χ2v) is 28.1. The molecule has 0 aromatic rings. The van der Waals surface area contributed by atoms with E-state index in [2.05, 4.69) is 55.4 Å². The Bertz CT molecular complexity index is 560. The van der Waals surface area contributed by atoms with Gasteiger partial charge in [-0.25, -0.2) is 0 Å². The van der Waals surface area contributed by atoms with Crippen LogP contribution in [0.4, 0.5) is 0 Å². The van der Waals surface area contributed by atoms with E-state index in [0.717, 1.165) is 25.7 Å². The van der Waals surface area contributed by atoms with E-state index in [1.54, 1.807) is 26.6 Å². The predicted molar refractivity (Wildman–Crippen MR) is 251 cm³/mol. The molecular weight excluding hydrogens is 1030 g/mol. The minimum atomic E-state index is -0.909. The van der Waals surface area contributed by atoms with Gasteiger partial charge in [-0.3, -0.25) is 0 Å². The molecule has 0 rings (SSSR count). The van der Waals surface area contributed by atoms with Crippen molar-refractivity contribution in [3.05, 3.63) is 0 Å². The summed E-state index contributed by atoms with van der Waals surface area (Å²) in [5, 5.41) is 20.2. The van der Waals surface area contributed by atoms with Crippen LogP contribution in [0.2, 0.25) is 26.6 Å². The Kier molecular flexibility index (Phi) is 99.2. The first-order chi connectivity index (χ1) is 26.8. The van der Waals surface area contributed by atoms with Crippen molar-refractivity contribution in [2.45, 2.75) is 287 Å². The minimum Gasteiger partial charge on any atom is -2.00 e. The first kappa shape index (κ1) is 72.7. The quantitative estimate of drug-likeness (QED) is 0.0449. The van der Waals surface area contributed by atoms with Crippen LogP contribution in [0.25, 0.3) is 0 Å². The van der Waals surface area contributed by atoms with Crippen LogP contribution in [0, 0.1) is 0 Å². The molecule has 0 aliphatic rings. The van der Waals surface area contributed by atoms with Gasteiger partial charge < -0.3 is 30.8 Å². The van der Waals surface area contributed by atoms with Crippen LogP contribution >= 0.6 is 0 Å². The van der Waals surface area contributed by atoms with Crippen LogP contribution in [0.5, 0.6) is 0 Å². The molecule has 0 aliphatic carbocycles. The molecule has 0 amide bonds. The van der Waals surface area contributed by atoms with Gasteiger partial charge in [0.1, 0.15) is 0 Å². The van der Waals surface area contributed by atoms with Crippen molar-refractivity contribution in [2.75, 3.05) is 0 Å². The summed E-state index contributed by atoms with van der Waals surface area (Å²) in [7, 11) is 0. The van der Waals surface area contributed by atoms with E-state index >= 15 is 0 Å². The molecule has 9 heteroatoms. The molecule has 0 heterocycles. The number of carboxylic acids is 2. The van der Waals surface area contributed by atoms with E-state index in [1.807, 2.05) is 0 Å². The molecule has 0 spiro atoms. The average Bonchev–Trinajstić information content (AvgIpc) is 3.17.